The standard InChI is InChI=1S/C25H31FN2O3S/c1-15(14-27-23(29)18-12-25(3,26)13-18)24(30)28-9-8-21-20(10-16(2)32-21)22(28)17-6-5-7-19(11-17)31-4/h5-7,10-11,15,18,22H,8-9,12-14H2,1-4H3,(H,27,29). The molecule has 2 atom stereocenters. The topological polar surface area (TPSA) is 58.6 Å². The third-order valence-corrected chi connectivity index (χ3v) is 7.69. The molecule has 5 nitrogen and oxygen atoms in total. The van der Waals surface area contributed by atoms with E-state index < -0.39 is 5.67 Å². The summed E-state index contributed by atoms with van der Waals surface area (Å²) in [6, 6.07) is 9.88. The van der Waals surface area contributed by atoms with Gasteiger partial charge < -0.3 is 15.0 Å². The summed E-state index contributed by atoms with van der Waals surface area (Å²) in [5.41, 5.74) is 0.954. The van der Waals surface area contributed by atoms with Crippen LogP contribution in [0.4, 0.5) is 4.39 Å². The maximum atomic E-state index is 13.7. The summed E-state index contributed by atoms with van der Waals surface area (Å²) >= 11 is 1.79. The quantitative estimate of drug-likeness (QED) is 0.697. The maximum Gasteiger partial charge on any atom is 0.227 e. The SMILES string of the molecule is COc1cccc(C2c3cc(C)sc3CCN2C(=O)C(C)CNC(=O)C2CC(C)(F)C2)c1. The lowest BCUT2D eigenvalue weighted by atomic mass is 9.73. The van der Waals surface area contributed by atoms with Gasteiger partial charge in [-0.2, -0.15) is 0 Å². The van der Waals surface area contributed by atoms with E-state index in [2.05, 4.69) is 18.3 Å². The van der Waals surface area contributed by atoms with Crippen LogP contribution >= 0.6 is 11.3 Å². The van der Waals surface area contributed by atoms with Gasteiger partial charge in [-0.15, -0.1) is 11.3 Å². The highest BCUT2D eigenvalue weighted by molar-refractivity contribution is 7.12. The van der Waals surface area contributed by atoms with Crippen LogP contribution in [0.3, 0.4) is 0 Å². The zero-order chi connectivity index (χ0) is 23.0. The van der Waals surface area contributed by atoms with Gasteiger partial charge in [0.2, 0.25) is 11.8 Å². The van der Waals surface area contributed by atoms with E-state index in [9.17, 15) is 14.0 Å². The number of benzene rings is 1. The van der Waals surface area contributed by atoms with Crippen LogP contribution in [-0.2, 0) is 16.0 Å². The van der Waals surface area contributed by atoms with E-state index in [1.165, 1.54) is 22.2 Å². The first-order valence-electron chi connectivity index (χ1n) is 11.2. The highest BCUT2D eigenvalue weighted by atomic mass is 32.1. The number of aryl methyl sites for hydroxylation is 1. The molecular formula is C25H31FN2O3S. The fraction of sp³-hybridized carbons (Fsp3) is 0.520. The van der Waals surface area contributed by atoms with Gasteiger partial charge in [0.15, 0.2) is 0 Å². The lowest BCUT2D eigenvalue weighted by molar-refractivity contribution is -0.138. The van der Waals surface area contributed by atoms with Crippen molar-refractivity contribution in [2.24, 2.45) is 11.8 Å². The van der Waals surface area contributed by atoms with E-state index >= 15 is 0 Å². The van der Waals surface area contributed by atoms with E-state index in [0.29, 0.717) is 6.54 Å². The molecule has 2 aromatic rings. The van der Waals surface area contributed by atoms with E-state index in [1.54, 1.807) is 18.4 Å². The predicted molar refractivity (Wildman–Crippen MR) is 124 cm³/mol. The number of carbonyl (C=O) groups is 2. The Labute approximate surface area is 193 Å². The van der Waals surface area contributed by atoms with Crippen LogP contribution in [0.5, 0.6) is 5.75 Å². The van der Waals surface area contributed by atoms with Crippen LogP contribution < -0.4 is 10.1 Å². The van der Waals surface area contributed by atoms with Gasteiger partial charge in [0, 0.05) is 28.8 Å². The molecule has 2 unspecified atom stereocenters. The van der Waals surface area contributed by atoms with Crippen LogP contribution in [-0.4, -0.2) is 42.6 Å². The van der Waals surface area contributed by atoms with Crippen molar-refractivity contribution in [1.82, 2.24) is 10.2 Å². The average molecular weight is 459 g/mol. The summed E-state index contributed by atoms with van der Waals surface area (Å²) in [4.78, 5) is 30.3. The maximum absolute atomic E-state index is 13.7. The number of fused-ring (bicyclic) bond motifs is 1. The number of nitrogens with one attached hydrogen (secondary N) is 1. The molecule has 172 valence electrons. The van der Waals surface area contributed by atoms with Gasteiger partial charge >= 0.3 is 0 Å². The number of methoxy groups -OCH3 is 1. The van der Waals surface area contributed by atoms with Crippen LogP contribution in [0.15, 0.2) is 30.3 Å². The summed E-state index contributed by atoms with van der Waals surface area (Å²) in [6.07, 6.45) is 1.34. The molecule has 1 N–H and O–H groups in total. The normalized spacial score (nSPS) is 25.5. The van der Waals surface area contributed by atoms with Crippen LogP contribution in [0.2, 0.25) is 0 Å². The summed E-state index contributed by atoms with van der Waals surface area (Å²) in [5, 5.41) is 2.87. The number of carbonyl (C=O) groups excluding carboxylic acids is 2. The molecule has 1 fully saturated rings. The zero-order valence-electron chi connectivity index (χ0n) is 19.1. The van der Waals surface area contributed by atoms with Gasteiger partial charge in [-0.25, -0.2) is 4.39 Å². The van der Waals surface area contributed by atoms with Gasteiger partial charge in [-0.3, -0.25) is 9.59 Å². The lowest BCUT2D eigenvalue weighted by Gasteiger charge is -2.39. The third kappa shape index (κ3) is 4.53. The van der Waals surface area contributed by atoms with Crippen LogP contribution in [0, 0.1) is 18.8 Å². The molecule has 7 heteroatoms. The van der Waals surface area contributed by atoms with E-state index in [1.807, 2.05) is 36.1 Å². The van der Waals surface area contributed by atoms with Crippen molar-refractivity contribution in [3.8, 4) is 5.75 Å². The number of nitrogens with zero attached hydrogens (tertiary/aromatic N) is 1. The second-order valence-corrected chi connectivity index (χ2v) is 10.7. The Kier molecular flexibility index (Phi) is 6.30. The summed E-state index contributed by atoms with van der Waals surface area (Å²) in [5.74, 6) is -0.0435. The Morgan fingerprint density at radius 1 is 1.34 bits per heavy atom. The first kappa shape index (κ1) is 22.8. The van der Waals surface area contributed by atoms with Crippen LogP contribution in [0.1, 0.15) is 53.6 Å². The zero-order valence-corrected chi connectivity index (χ0v) is 19.9. The summed E-state index contributed by atoms with van der Waals surface area (Å²) < 4.78 is 19.1. The molecule has 1 aromatic heterocycles. The fourth-order valence-electron chi connectivity index (χ4n) is 4.86. The Morgan fingerprint density at radius 2 is 2.09 bits per heavy atom. The van der Waals surface area contributed by atoms with Crippen molar-refractivity contribution in [3.05, 3.63) is 51.2 Å². The molecule has 0 spiro atoms. The van der Waals surface area contributed by atoms with E-state index in [4.69, 9.17) is 4.74 Å². The van der Waals surface area contributed by atoms with Gasteiger partial charge in [-0.05, 0) is 62.4 Å². The number of alkyl halides is 1. The minimum atomic E-state index is -1.24. The molecular weight excluding hydrogens is 427 g/mol. The molecule has 2 heterocycles. The van der Waals surface area contributed by atoms with Crippen molar-refractivity contribution in [2.75, 3.05) is 20.2 Å². The van der Waals surface area contributed by atoms with Crippen molar-refractivity contribution in [3.63, 3.8) is 0 Å². The Bertz CT molecular complexity index is 1010. The largest absolute Gasteiger partial charge is 0.497 e. The number of ether oxygens (including phenoxy) is 1. The second-order valence-electron chi connectivity index (χ2n) is 9.36. The predicted octanol–water partition coefficient (Wildman–Crippen LogP) is 4.43. The molecule has 1 aromatic carbocycles. The summed E-state index contributed by atoms with van der Waals surface area (Å²) in [7, 11) is 1.64. The highest BCUT2D eigenvalue weighted by Gasteiger charge is 2.44. The molecule has 1 saturated carbocycles. The number of hydrogen-bond acceptors (Lipinski definition) is 4. The number of thiophene rings is 1. The molecule has 2 amide bonds. The number of rotatable bonds is 6. The molecule has 0 bridgehead atoms. The van der Waals surface area contributed by atoms with Crippen LogP contribution in [0.25, 0.3) is 0 Å². The van der Waals surface area contributed by atoms with Crippen molar-refractivity contribution >= 4 is 23.2 Å². The van der Waals surface area contributed by atoms with Gasteiger partial charge in [-0.1, -0.05) is 19.1 Å². The second kappa shape index (κ2) is 8.85. The first-order valence-corrected chi connectivity index (χ1v) is 12.0. The smallest absolute Gasteiger partial charge is 0.227 e. The van der Waals surface area contributed by atoms with Crippen molar-refractivity contribution in [1.29, 1.82) is 0 Å². The van der Waals surface area contributed by atoms with Gasteiger partial charge in [0.25, 0.3) is 0 Å². The van der Waals surface area contributed by atoms with Gasteiger partial charge in [0.05, 0.1) is 19.1 Å². The number of halogens is 1. The molecule has 1 aliphatic heterocycles. The molecule has 0 radical (unpaired) electrons. The Balaban J connectivity index is 1.51. The molecule has 32 heavy (non-hydrogen) atoms. The minimum Gasteiger partial charge on any atom is -0.497 e. The van der Waals surface area contributed by atoms with Gasteiger partial charge in [0.1, 0.15) is 11.4 Å². The average Bonchev–Trinajstić information content (AvgIpc) is 3.14. The molecule has 2 aliphatic rings. The minimum absolute atomic E-state index is 0.0107. The molecule has 4 rings (SSSR count). The Morgan fingerprint density at radius 3 is 2.78 bits per heavy atom. The lowest BCUT2D eigenvalue weighted by Crippen LogP contribution is -2.48. The number of hydrogen-bond donors (Lipinski definition) is 1. The first-order chi connectivity index (χ1) is 15.2. The highest BCUT2D eigenvalue weighted by Crippen LogP contribution is 2.42. The molecule has 0 saturated heterocycles. The fourth-order valence-corrected chi connectivity index (χ4v) is 5.91. The van der Waals surface area contributed by atoms with E-state index in [0.717, 1.165) is 17.7 Å². The molecule has 1 aliphatic carbocycles. The Hall–Kier alpha value is -2.41. The number of amides is 2. The summed E-state index contributed by atoms with van der Waals surface area (Å²) in [6.45, 7) is 6.36. The van der Waals surface area contributed by atoms with Crippen molar-refractivity contribution in [2.45, 2.75) is 51.7 Å². The monoisotopic (exact) mass is 458 g/mol. The van der Waals surface area contributed by atoms with Crippen molar-refractivity contribution < 1.29 is 18.7 Å². The van der Waals surface area contributed by atoms with E-state index in [-0.39, 0.29) is 49.1 Å². The third-order valence-electron chi connectivity index (χ3n) is 6.56.